The summed E-state index contributed by atoms with van der Waals surface area (Å²) < 4.78 is 18.7. The Morgan fingerprint density at radius 3 is 3.09 bits per heavy atom. The van der Waals surface area contributed by atoms with Gasteiger partial charge < -0.3 is 14.8 Å². The SMILES string of the molecule is O=c1cc(CN2CCOCC(CO)C2)[nH]c2ccc(F)cc12. The zero-order valence-electron chi connectivity index (χ0n) is 12.2. The maximum Gasteiger partial charge on any atom is 0.189 e. The fourth-order valence-electron chi connectivity index (χ4n) is 2.81. The fourth-order valence-corrected chi connectivity index (χ4v) is 2.81. The third-order valence-corrected chi connectivity index (χ3v) is 3.92. The van der Waals surface area contributed by atoms with Crippen LogP contribution in [-0.4, -0.2) is 47.9 Å². The van der Waals surface area contributed by atoms with Crippen molar-refractivity contribution < 1.29 is 14.2 Å². The van der Waals surface area contributed by atoms with Gasteiger partial charge >= 0.3 is 0 Å². The molecule has 2 N–H and O–H groups in total. The summed E-state index contributed by atoms with van der Waals surface area (Å²) in [6.45, 7) is 3.30. The lowest BCUT2D eigenvalue weighted by atomic mass is 10.1. The van der Waals surface area contributed by atoms with Gasteiger partial charge in [0.05, 0.1) is 13.2 Å². The van der Waals surface area contributed by atoms with Crippen LogP contribution in [0, 0.1) is 11.7 Å². The Morgan fingerprint density at radius 1 is 1.41 bits per heavy atom. The predicted molar refractivity (Wildman–Crippen MR) is 81.2 cm³/mol. The third kappa shape index (κ3) is 3.35. The second kappa shape index (κ2) is 6.56. The number of hydrogen-bond acceptors (Lipinski definition) is 4. The monoisotopic (exact) mass is 306 g/mol. The Hall–Kier alpha value is -1.76. The van der Waals surface area contributed by atoms with Crippen molar-refractivity contribution in [2.24, 2.45) is 5.92 Å². The van der Waals surface area contributed by atoms with Gasteiger partial charge in [-0.2, -0.15) is 0 Å². The number of H-pyrrole nitrogens is 1. The molecule has 1 atom stereocenters. The molecule has 2 aromatic rings. The van der Waals surface area contributed by atoms with Crippen LogP contribution in [0.2, 0.25) is 0 Å². The lowest BCUT2D eigenvalue weighted by molar-refractivity contribution is 0.0958. The largest absolute Gasteiger partial charge is 0.396 e. The van der Waals surface area contributed by atoms with E-state index in [0.29, 0.717) is 30.7 Å². The van der Waals surface area contributed by atoms with E-state index in [1.54, 1.807) is 6.07 Å². The molecule has 3 rings (SSSR count). The Balaban J connectivity index is 1.84. The van der Waals surface area contributed by atoms with Gasteiger partial charge in [0.15, 0.2) is 5.43 Å². The molecule has 0 radical (unpaired) electrons. The molecule has 1 aromatic heterocycles. The molecule has 1 unspecified atom stereocenters. The maximum atomic E-state index is 13.2. The van der Waals surface area contributed by atoms with Crippen molar-refractivity contribution >= 4 is 10.9 Å². The van der Waals surface area contributed by atoms with E-state index < -0.39 is 5.82 Å². The number of benzene rings is 1. The molecule has 118 valence electrons. The summed E-state index contributed by atoms with van der Waals surface area (Å²) in [5.74, 6) is -0.329. The van der Waals surface area contributed by atoms with Crippen molar-refractivity contribution in [3.05, 3.63) is 46.0 Å². The van der Waals surface area contributed by atoms with Crippen LogP contribution in [-0.2, 0) is 11.3 Å². The number of aliphatic hydroxyl groups is 1. The Bertz CT molecular complexity index is 716. The van der Waals surface area contributed by atoms with Gasteiger partial charge in [0.2, 0.25) is 0 Å². The molecule has 0 aliphatic carbocycles. The zero-order chi connectivity index (χ0) is 15.5. The smallest absolute Gasteiger partial charge is 0.189 e. The van der Waals surface area contributed by atoms with Crippen molar-refractivity contribution in [1.29, 1.82) is 0 Å². The first-order valence-electron chi connectivity index (χ1n) is 7.38. The topological polar surface area (TPSA) is 65.6 Å². The van der Waals surface area contributed by atoms with Gasteiger partial charge in [-0.15, -0.1) is 0 Å². The van der Waals surface area contributed by atoms with Crippen molar-refractivity contribution in [2.45, 2.75) is 6.54 Å². The molecule has 1 aliphatic heterocycles. The molecular weight excluding hydrogens is 287 g/mol. The van der Waals surface area contributed by atoms with Crippen molar-refractivity contribution in [3.8, 4) is 0 Å². The number of pyridine rings is 1. The molecule has 2 heterocycles. The first-order chi connectivity index (χ1) is 10.7. The van der Waals surface area contributed by atoms with E-state index in [1.807, 2.05) is 0 Å². The van der Waals surface area contributed by atoms with E-state index in [4.69, 9.17) is 4.74 Å². The highest BCUT2D eigenvalue weighted by Gasteiger charge is 2.18. The molecule has 22 heavy (non-hydrogen) atoms. The van der Waals surface area contributed by atoms with Crippen LogP contribution < -0.4 is 5.43 Å². The van der Waals surface area contributed by atoms with E-state index in [2.05, 4.69) is 9.88 Å². The molecule has 1 aromatic carbocycles. The van der Waals surface area contributed by atoms with Gasteiger partial charge in [0, 0.05) is 54.8 Å². The fraction of sp³-hybridized carbons (Fsp3) is 0.438. The van der Waals surface area contributed by atoms with Crippen molar-refractivity contribution in [1.82, 2.24) is 9.88 Å². The van der Waals surface area contributed by atoms with Crippen LogP contribution in [0.5, 0.6) is 0 Å². The van der Waals surface area contributed by atoms with E-state index in [-0.39, 0.29) is 18.0 Å². The number of nitrogens with zero attached hydrogens (tertiary/aromatic N) is 1. The van der Waals surface area contributed by atoms with Gasteiger partial charge in [-0.05, 0) is 18.2 Å². The summed E-state index contributed by atoms with van der Waals surface area (Å²) in [7, 11) is 0. The summed E-state index contributed by atoms with van der Waals surface area (Å²) >= 11 is 0. The minimum absolute atomic E-state index is 0.0868. The maximum absolute atomic E-state index is 13.2. The highest BCUT2D eigenvalue weighted by atomic mass is 19.1. The van der Waals surface area contributed by atoms with Crippen LogP contribution in [0.3, 0.4) is 0 Å². The van der Waals surface area contributed by atoms with E-state index in [9.17, 15) is 14.3 Å². The molecule has 5 nitrogen and oxygen atoms in total. The number of ether oxygens (including phenoxy) is 1. The number of aliphatic hydroxyl groups excluding tert-OH is 1. The highest BCUT2D eigenvalue weighted by molar-refractivity contribution is 5.78. The Kier molecular flexibility index (Phi) is 4.52. The van der Waals surface area contributed by atoms with Crippen LogP contribution in [0.15, 0.2) is 29.1 Å². The van der Waals surface area contributed by atoms with Crippen LogP contribution in [0.25, 0.3) is 10.9 Å². The molecule has 0 spiro atoms. The number of aromatic nitrogens is 1. The number of rotatable bonds is 3. The van der Waals surface area contributed by atoms with Gasteiger partial charge in [-0.25, -0.2) is 4.39 Å². The average molecular weight is 306 g/mol. The molecule has 0 saturated carbocycles. The quantitative estimate of drug-likeness (QED) is 0.891. The molecule has 6 heteroatoms. The summed E-state index contributed by atoms with van der Waals surface area (Å²) in [4.78, 5) is 17.4. The van der Waals surface area contributed by atoms with E-state index >= 15 is 0 Å². The second-order valence-corrected chi connectivity index (χ2v) is 5.71. The number of aromatic amines is 1. The number of fused-ring (bicyclic) bond motifs is 1. The molecule has 0 amide bonds. The molecule has 1 saturated heterocycles. The minimum atomic E-state index is -0.416. The summed E-state index contributed by atoms with van der Waals surface area (Å²) in [5.41, 5.74) is 1.23. The first kappa shape index (κ1) is 15.1. The van der Waals surface area contributed by atoms with Gasteiger partial charge in [0.25, 0.3) is 0 Å². The zero-order valence-corrected chi connectivity index (χ0v) is 12.2. The normalized spacial score (nSPS) is 20.2. The summed E-state index contributed by atoms with van der Waals surface area (Å²) in [5, 5.41) is 9.67. The number of hydrogen-bond donors (Lipinski definition) is 2. The Morgan fingerprint density at radius 2 is 2.27 bits per heavy atom. The van der Waals surface area contributed by atoms with Crippen molar-refractivity contribution in [2.75, 3.05) is 32.9 Å². The molecule has 1 fully saturated rings. The average Bonchev–Trinajstić information content (AvgIpc) is 2.73. The van der Waals surface area contributed by atoms with Crippen LogP contribution in [0.1, 0.15) is 5.69 Å². The van der Waals surface area contributed by atoms with Crippen LogP contribution >= 0.6 is 0 Å². The summed E-state index contributed by atoms with van der Waals surface area (Å²) in [6.07, 6.45) is 0. The minimum Gasteiger partial charge on any atom is -0.396 e. The first-order valence-corrected chi connectivity index (χ1v) is 7.38. The lowest BCUT2D eigenvalue weighted by Crippen LogP contribution is -2.31. The van der Waals surface area contributed by atoms with Gasteiger partial charge in [-0.1, -0.05) is 0 Å². The van der Waals surface area contributed by atoms with E-state index in [0.717, 1.165) is 18.8 Å². The van der Waals surface area contributed by atoms with Crippen molar-refractivity contribution in [3.63, 3.8) is 0 Å². The highest BCUT2D eigenvalue weighted by Crippen LogP contribution is 2.13. The van der Waals surface area contributed by atoms with Gasteiger partial charge in [-0.3, -0.25) is 9.69 Å². The molecular formula is C16H19FN2O3. The molecule has 1 aliphatic rings. The lowest BCUT2D eigenvalue weighted by Gasteiger charge is -2.22. The number of halogens is 1. The third-order valence-electron chi connectivity index (χ3n) is 3.92. The predicted octanol–water partition coefficient (Wildman–Crippen LogP) is 1.11. The molecule has 0 bridgehead atoms. The van der Waals surface area contributed by atoms with E-state index in [1.165, 1.54) is 18.2 Å². The standard InChI is InChI=1S/C16H19FN2O3/c17-12-1-2-15-14(5-12)16(21)6-13(18-15)8-19-3-4-22-10-11(7-19)9-20/h1-2,5-6,11,20H,3-4,7-10H2,(H,18,21). The summed E-state index contributed by atoms with van der Waals surface area (Å²) in [6, 6.07) is 5.68. The number of nitrogens with one attached hydrogen (secondary N) is 1. The van der Waals surface area contributed by atoms with Crippen LogP contribution in [0.4, 0.5) is 4.39 Å². The second-order valence-electron chi connectivity index (χ2n) is 5.71. The van der Waals surface area contributed by atoms with Gasteiger partial charge in [0.1, 0.15) is 5.82 Å². The Labute approximate surface area is 127 Å².